The SMILES string of the molecule is [B]c1cnc(N)c(/C(C)=C/CC)c1-c1ccccc1. The third kappa shape index (κ3) is 2.70. The van der Waals surface area contributed by atoms with E-state index in [9.17, 15) is 0 Å². The van der Waals surface area contributed by atoms with Crippen molar-refractivity contribution in [2.45, 2.75) is 20.3 Å². The third-order valence-electron chi connectivity index (χ3n) is 3.10. The summed E-state index contributed by atoms with van der Waals surface area (Å²) in [6.07, 6.45) is 4.72. The van der Waals surface area contributed by atoms with Crippen LogP contribution in [-0.2, 0) is 0 Å². The second kappa shape index (κ2) is 5.74. The molecule has 1 aromatic heterocycles. The van der Waals surface area contributed by atoms with Crippen LogP contribution in [0.2, 0.25) is 0 Å². The van der Waals surface area contributed by atoms with Gasteiger partial charge in [-0.1, -0.05) is 48.8 Å². The molecular formula is C16H17BN2. The van der Waals surface area contributed by atoms with Gasteiger partial charge < -0.3 is 5.73 Å². The Morgan fingerprint density at radius 1 is 1.32 bits per heavy atom. The number of nitrogen functional groups attached to an aromatic ring is 1. The molecule has 0 atom stereocenters. The quantitative estimate of drug-likeness (QED) is 0.848. The van der Waals surface area contributed by atoms with Crippen LogP contribution in [0.25, 0.3) is 16.7 Å². The molecule has 0 saturated carbocycles. The Labute approximate surface area is 115 Å². The summed E-state index contributed by atoms with van der Waals surface area (Å²) in [4.78, 5) is 4.18. The van der Waals surface area contributed by atoms with Gasteiger partial charge in [0.05, 0.1) is 0 Å². The van der Waals surface area contributed by atoms with E-state index in [0.717, 1.165) is 28.7 Å². The van der Waals surface area contributed by atoms with Crippen molar-refractivity contribution in [3.63, 3.8) is 0 Å². The van der Waals surface area contributed by atoms with E-state index in [1.807, 2.05) is 37.3 Å². The Morgan fingerprint density at radius 2 is 2.00 bits per heavy atom. The van der Waals surface area contributed by atoms with Crippen molar-refractivity contribution < 1.29 is 0 Å². The fourth-order valence-electron chi connectivity index (χ4n) is 2.26. The number of aromatic nitrogens is 1. The molecule has 2 rings (SSSR count). The first-order chi connectivity index (χ1) is 9.15. The van der Waals surface area contributed by atoms with E-state index in [1.54, 1.807) is 6.20 Å². The number of nitrogens with two attached hydrogens (primary N) is 1. The van der Waals surface area contributed by atoms with Gasteiger partial charge in [-0.05, 0) is 30.0 Å². The van der Waals surface area contributed by atoms with Crippen LogP contribution in [0.1, 0.15) is 25.8 Å². The molecule has 3 heteroatoms. The van der Waals surface area contributed by atoms with Crippen molar-refractivity contribution in [3.05, 3.63) is 48.2 Å². The molecule has 2 N–H and O–H groups in total. The number of pyridine rings is 1. The first-order valence-electron chi connectivity index (χ1n) is 6.41. The maximum atomic E-state index is 6.11. The van der Waals surface area contributed by atoms with Gasteiger partial charge in [-0.2, -0.15) is 0 Å². The van der Waals surface area contributed by atoms with Gasteiger partial charge in [0.2, 0.25) is 0 Å². The van der Waals surface area contributed by atoms with Crippen LogP contribution in [0.3, 0.4) is 0 Å². The van der Waals surface area contributed by atoms with Crippen LogP contribution in [0, 0.1) is 0 Å². The number of hydrogen-bond acceptors (Lipinski definition) is 2. The highest BCUT2D eigenvalue weighted by Crippen LogP contribution is 2.30. The van der Waals surface area contributed by atoms with Crippen LogP contribution < -0.4 is 11.2 Å². The Morgan fingerprint density at radius 3 is 2.63 bits per heavy atom. The molecule has 1 aromatic carbocycles. The average Bonchev–Trinajstić information content (AvgIpc) is 2.42. The van der Waals surface area contributed by atoms with E-state index < -0.39 is 0 Å². The van der Waals surface area contributed by atoms with Crippen molar-refractivity contribution in [1.82, 2.24) is 4.98 Å². The van der Waals surface area contributed by atoms with E-state index in [4.69, 9.17) is 13.6 Å². The van der Waals surface area contributed by atoms with E-state index in [1.165, 1.54) is 0 Å². The summed E-state index contributed by atoms with van der Waals surface area (Å²) in [6, 6.07) is 10.0. The second-order valence-electron chi connectivity index (χ2n) is 4.51. The van der Waals surface area contributed by atoms with Crippen LogP contribution in [0.5, 0.6) is 0 Å². The zero-order valence-electron chi connectivity index (χ0n) is 11.4. The van der Waals surface area contributed by atoms with Crippen LogP contribution in [-0.4, -0.2) is 12.8 Å². The van der Waals surface area contributed by atoms with Crippen molar-refractivity contribution >= 4 is 24.7 Å². The summed E-state index contributed by atoms with van der Waals surface area (Å²) in [6.45, 7) is 4.14. The molecule has 2 nitrogen and oxygen atoms in total. The molecule has 0 fully saturated rings. The zero-order valence-corrected chi connectivity index (χ0v) is 11.4. The molecule has 0 unspecified atom stereocenters. The summed E-state index contributed by atoms with van der Waals surface area (Å²) in [7, 11) is 6.11. The van der Waals surface area contributed by atoms with E-state index in [0.29, 0.717) is 11.3 Å². The first-order valence-corrected chi connectivity index (χ1v) is 6.41. The predicted molar refractivity (Wildman–Crippen MR) is 83.4 cm³/mol. The lowest BCUT2D eigenvalue weighted by atomic mass is 9.84. The van der Waals surface area contributed by atoms with Gasteiger partial charge in [-0.25, -0.2) is 4.98 Å². The maximum absolute atomic E-state index is 6.11. The minimum atomic E-state index is 0.523. The summed E-state index contributed by atoms with van der Waals surface area (Å²) in [5.74, 6) is 0.523. The van der Waals surface area contributed by atoms with Gasteiger partial charge in [0.25, 0.3) is 0 Å². The number of hydrogen-bond donors (Lipinski definition) is 1. The lowest BCUT2D eigenvalue weighted by Crippen LogP contribution is -2.13. The van der Waals surface area contributed by atoms with Crippen LogP contribution in [0.4, 0.5) is 5.82 Å². The molecule has 1 heterocycles. The lowest BCUT2D eigenvalue weighted by Gasteiger charge is -2.15. The monoisotopic (exact) mass is 248 g/mol. The Bertz CT molecular complexity index is 604. The summed E-state index contributed by atoms with van der Waals surface area (Å²) >= 11 is 0. The second-order valence-corrected chi connectivity index (χ2v) is 4.51. The number of rotatable bonds is 3. The van der Waals surface area contributed by atoms with Crippen LogP contribution >= 0.6 is 0 Å². The maximum Gasteiger partial charge on any atom is 0.131 e. The first kappa shape index (κ1) is 13.4. The fourth-order valence-corrected chi connectivity index (χ4v) is 2.26. The van der Waals surface area contributed by atoms with Gasteiger partial charge in [-0.3, -0.25) is 0 Å². The summed E-state index contributed by atoms with van der Waals surface area (Å²) < 4.78 is 0. The molecule has 0 aliphatic heterocycles. The van der Waals surface area contributed by atoms with Gasteiger partial charge in [0, 0.05) is 11.8 Å². The van der Waals surface area contributed by atoms with Gasteiger partial charge in [0.15, 0.2) is 0 Å². The topological polar surface area (TPSA) is 38.9 Å². The van der Waals surface area contributed by atoms with Crippen molar-refractivity contribution in [2.75, 3.05) is 5.73 Å². The fraction of sp³-hybridized carbons (Fsp3) is 0.188. The molecule has 94 valence electrons. The highest BCUT2D eigenvalue weighted by molar-refractivity contribution is 6.36. The normalized spacial score (nSPS) is 11.6. The third-order valence-corrected chi connectivity index (χ3v) is 3.10. The smallest absolute Gasteiger partial charge is 0.131 e. The van der Waals surface area contributed by atoms with E-state index >= 15 is 0 Å². The highest BCUT2D eigenvalue weighted by atomic mass is 14.8. The Kier molecular flexibility index (Phi) is 4.05. The van der Waals surface area contributed by atoms with Gasteiger partial charge in [0.1, 0.15) is 13.7 Å². The van der Waals surface area contributed by atoms with Crippen molar-refractivity contribution in [1.29, 1.82) is 0 Å². The molecule has 0 spiro atoms. The predicted octanol–water partition coefficient (Wildman–Crippen LogP) is 2.94. The average molecular weight is 248 g/mol. The van der Waals surface area contributed by atoms with Gasteiger partial charge >= 0.3 is 0 Å². The molecule has 0 aliphatic rings. The van der Waals surface area contributed by atoms with Crippen LogP contribution in [0.15, 0.2) is 42.6 Å². The van der Waals surface area contributed by atoms with E-state index in [2.05, 4.69) is 18.0 Å². The molecule has 19 heavy (non-hydrogen) atoms. The zero-order chi connectivity index (χ0) is 13.8. The minimum Gasteiger partial charge on any atom is -0.383 e. The molecular weight excluding hydrogens is 231 g/mol. The molecule has 0 aliphatic carbocycles. The highest BCUT2D eigenvalue weighted by Gasteiger charge is 2.13. The molecule has 2 aromatic rings. The molecule has 0 amide bonds. The lowest BCUT2D eigenvalue weighted by molar-refractivity contribution is 1.22. The number of allylic oxidation sites excluding steroid dienone is 2. The number of anilines is 1. The summed E-state index contributed by atoms with van der Waals surface area (Å²) in [5.41, 5.74) is 10.8. The van der Waals surface area contributed by atoms with E-state index in [-0.39, 0.29) is 0 Å². The van der Waals surface area contributed by atoms with Crippen molar-refractivity contribution in [3.8, 4) is 11.1 Å². The Balaban J connectivity index is 2.72. The molecule has 0 bridgehead atoms. The Hall–Kier alpha value is -2.03. The van der Waals surface area contributed by atoms with Gasteiger partial charge in [-0.15, -0.1) is 0 Å². The number of nitrogens with zero attached hydrogens (tertiary/aromatic N) is 1. The molecule has 0 saturated heterocycles. The van der Waals surface area contributed by atoms with Crippen molar-refractivity contribution in [2.24, 2.45) is 0 Å². The minimum absolute atomic E-state index is 0.523. The standard InChI is InChI=1S/C16H17BN2/c1-3-7-11(2)14-15(12-8-5-4-6-9-12)13(17)10-19-16(14)18/h4-10H,3H2,1-2H3,(H2,18,19)/b11-7+. The number of benzene rings is 1. The molecule has 2 radical (unpaired) electrons. The summed E-state index contributed by atoms with van der Waals surface area (Å²) in [5, 5.41) is 0. The largest absolute Gasteiger partial charge is 0.383 e.